The second-order valence-electron chi connectivity index (χ2n) is 7.26. The van der Waals surface area contributed by atoms with Crippen molar-refractivity contribution in [1.82, 2.24) is 5.32 Å². The number of amides is 1. The van der Waals surface area contributed by atoms with Crippen molar-refractivity contribution in [2.24, 2.45) is 23.7 Å². The fraction of sp³-hybridized carbons (Fsp3) is 0.941. The highest BCUT2D eigenvalue weighted by Crippen LogP contribution is 2.58. The minimum atomic E-state index is -0.731. The minimum absolute atomic E-state index is 0. The highest BCUT2D eigenvalue weighted by atomic mass is 17.3. The average Bonchev–Trinajstić information content (AvgIpc) is 2.73. The summed E-state index contributed by atoms with van der Waals surface area (Å²) in [5, 5.41) is 3.04. The number of carbonyl (C=O) groups excluding carboxylic acids is 1. The van der Waals surface area contributed by atoms with Crippen LogP contribution in [0.25, 0.3) is 0 Å². The molecule has 7 atom stereocenters. The van der Waals surface area contributed by atoms with E-state index in [1.165, 1.54) is 0 Å². The molecule has 1 amide bonds. The van der Waals surface area contributed by atoms with Crippen molar-refractivity contribution >= 4 is 5.91 Å². The molecule has 5 nitrogen and oxygen atoms in total. The van der Waals surface area contributed by atoms with Crippen LogP contribution in [-0.2, 0) is 19.3 Å². The number of fused-ring (bicyclic) bond motifs is 2. The van der Waals surface area contributed by atoms with E-state index >= 15 is 0 Å². The predicted molar refractivity (Wildman–Crippen MR) is 83.6 cm³/mol. The molecule has 0 aromatic heterocycles. The predicted octanol–water partition coefficient (Wildman–Crippen LogP) is 3.24. The molecule has 1 spiro atoms. The number of hydrogen-bond donors (Lipinski definition) is 1. The summed E-state index contributed by atoms with van der Waals surface area (Å²) in [6.07, 6.45) is 3.64. The number of ether oxygens (including phenoxy) is 1. The Morgan fingerprint density at radius 3 is 2.59 bits per heavy atom. The smallest absolute Gasteiger partial charge is 0.225 e. The van der Waals surface area contributed by atoms with Crippen LogP contribution in [0.2, 0.25) is 0 Å². The van der Waals surface area contributed by atoms with E-state index in [4.69, 9.17) is 14.5 Å². The van der Waals surface area contributed by atoms with Gasteiger partial charge in [0.1, 0.15) is 0 Å². The van der Waals surface area contributed by atoms with Gasteiger partial charge in [-0.2, -0.15) is 0 Å². The van der Waals surface area contributed by atoms with E-state index in [0.29, 0.717) is 11.8 Å². The standard InChI is InChI=1S/C15H23NO4.C2H6.H2/c1-8-4-5-11-9(2)12(17)16-13-15(11)10(8)6-7-14(3,18-13)19-20-15;1-2;/h8-11,13H,4-7H2,1-3H3,(H,16,17);1-2H3;1H/t8-,9-,10+,11+,13?,14-,15-;;/m1../s1. The Morgan fingerprint density at radius 1 is 1.14 bits per heavy atom. The third-order valence-corrected chi connectivity index (χ3v) is 6.12. The highest BCUT2D eigenvalue weighted by molar-refractivity contribution is 5.80. The topological polar surface area (TPSA) is 56.8 Å². The minimum Gasteiger partial charge on any atom is -0.328 e. The maximum absolute atomic E-state index is 12.2. The molecule has 5 aliphatic rings. The van der Waals surface area contributed by atoms with E-state index in [1.807, 2.05) is 27.7 Å². The summed E-state index contributed by atoms with van der Waals surface area (Å²) >= 11 is 0. The van der Waals surface area contributed by atoms with Gasteiger partial charge in [0.25, 0.3) is 0 Å². The van der Waals surface area contributed by atoms with Crippen molar-refractivity contribution in [3.8, 4) is 0 Å². The fourth-order valence-corrected chi connectivity index (χ4v) is 4.92. The summed E-state index contributed by atoms with van der Waals surface area (Å²) in [6, 6.07) is 0. The molecule has 0 aromatic carbocycles. The highest BCUT2D eigenvalue weighted by Gasteiger charge is 2.68. The van der Waals surface area contributed by atoms with E-state index in [2.05, 4.69) is 12.2 Å². The van der Waals surface area contributed by atoms with Gasteiger partial charge < -0.3 is 10.1 Å². The average molecular weight is 313 g/mol. The van der Waals surface area contributed by atoms with Crippen molar-refractivity contribution < 1.29 is 20.7 Å². The van der Waals surface area contributed by atoms with Gasteiger partial charge in [-0.15, -0.1) is 0 Å². The normalized spacial score (nSPS) is 52.8. The number of hydrogen-bond acceptors (Lipinski definition) is 4. The molecule has 4 heterocycles. The number of carbonyl (C=O) groups is 1. The van der Waals surface area contributed by atoms with Crippen molar-refractivity contribution in [3.05, 3.63) is 0 Å². The van der Waals surface area contributed by atoms with Crippen molar-refractivity contribution in [1.29, 1.82) is 0 Å². The molecule has 22 heavy (non-hydrogen) atoms. The van der Waals surface area contributed by atoms with Crippen LogP contribution < -0.4 is 5.32 Å². The van der Waals surface area contributed by atoms with E-state index in [0.717, 1.165) is 25.7 Å². The van der Waals surface area contributed by atoms with Crippen LogP contribution in [-0.4, -0.2) is 23.5 Å². The van der Waals surface area contributed by atoms with E-state index < -0.39 is 11.4 Å². The number of rotatable bonds is 0. The Labute approximate surface area is 134 Å². The molecule has 128 valence electrons. The summed E-state index contributed by atoms with van der Waals surface area (Å²) in [5.74, 6) is 0.452. The zero-order valence-corrected chi connectivity index (χ0v) is 14.3. The quantitative estimate of drug-likeness (QED) is 0.698. The lowest BCUT2D eigenvalue weighted by Crippen LogP contribution is -2.74. The molecule has 0 radical (unpaired) electrons. The summed E-state index contributed by atoms with van der Waals surface area (Å²) in [7, 11) is 0. The maximum Gasteiger partial charge on any atom is 0.225 e. The Bertz CT molecular complexity index is 462. The van der Waals surface area contributed by atoms with Crippen LogP contribution in [0.1, 0.15) is 61.7 Å². The molecule has 4 saturated heterocycles. The maximum atomic E-state index is 12.2. The number of piperidine rings is 1. The molecule has 4 aliphatic heterocycles. The lowest BCUT2D eigenvalue weighted by Gasteiger charge is -2.58. The summed E-state index contributed by atoms with van der Waals surface area (Å²) in [5.41, 5.74) is -0.499. The van der Waals surface area contributed by atoms with Gasteiger partial charge in [0.05, 0.1) is 0 Å². The molecule has 2 bridgehead atoms. The first-order valence-corrected chi connectivity index (χ1v) is 8.81. The van der Waals surface area contributed by atoms with Gasteiger partial charge >= 0.3 is 0 Å². The molecule has 0 aromatic rings. The number of nitrogens with one attached hydrogen (secondary N) is 1. The van der Waals surface area contributed by atoms with Gasteiger partial charge in [0.2, 0.25) is 11.7 Å². The Kier molecular flexibility index (Phi) is 4.03. The Hall–Kier alpha value is -0.650. The van der Waals surface area contributed by atoms with Gasteiger partial charge in [-0.3, -0.25) is 4.79 Å². The first kappa shape index (κ1) is 16.2. The molecule has 5 fully saturated rings. The molecule has 1 saturated carbocycles. The third kappa shape index (κ3) is 2.05. The Morgan fingerprint density at radius 2 is 1.86 bits per heavy atom. The van der Waals surface area contributed by atoms with Crippen LogP contribution in [0.15, 0.2) is 0 Å². The van der Waals surface area contributed by atoms with Gasteiger partial charge in [-0.05, 0) is 38.0 Å². The van der Waals surface area contributed by atoms with E-state index in [-0.39, 0.29) is 25.4 Å². The molecule has 1 unspecified atom stereocenters. The van der Waals surface area contributed by atoms with Crippen LogP contribution in [0.4, 0.5) is 0 Å². The van der Waals surface area contributed by atoms with E-state index in [9.17, 15) is 4.79 Å². The summed E-state index contributed by atoms with van der Waals surface area (Å²) in [4.78, 5) is 23.9. The lowest BCUT2D eigenvalue weighted by molar-refractivity contribution is -0.538. The van der Waals surface area contributed by atoms with Gasteiger partial charge in [-0.25, -0.2) is 9.78 Å². The molecule has 1 N–H and O–H groups in total. The molecular formula is C17H31NO4. The van der Waals surface area contributed by atoms with Crippen LogP contribution >= 0.6 is 0 Å². The monoisotopic (exact) mass is 313 g/mol. The zero-order chi connectivity index (χ0) is 16.1. The third-order valence-electron chi connectivity index (χ3n) is 6.12. The van der Waals surface area contributed by atoms with Gasteiger partial charge in [0.15, 0.2) is 11.8 Å². The summed E-state index contributed by atoms with van der Waals surface area (Å²) in [6.45, 7) is 10.2. The second kappa shape index (κ2) is 5.46. The van der Waals surface area contributed by atoms with Crippen LogP contribution in [0, 0.1) is 23.7 Å². The first-order valence-electron chi connectivity index (χ1n) is 8.81. The summed E-state index contributed by atoms with van der Waals surface area (Å²) < 4.78 is 6.12. The van der Waals surface area contributed by atoms with Crippen LogP contribution in [0.5, 0.6) is 0 Å². The lowest BCUT2D eigenvalue weighted by atomic mass is 9.57. The van der Waals surface area contributed by atoms with E-state index in [1.54, 1.807) is 0 Å². The van der Waals surface area contributed by atoms with Crippen LogP contribution in [0.3, 0.4) is 0 Å². The molecule has 1 aliphatic carbocycles. The molecule has 5 heteroatoms. The molecular weight excluding hydrogens is 282 g/mol. The second-order valence-corrected chi connectivity index (χ2v) is 7.26. The van der Waals surface area contributed by atoms with Crippen molar-refractivity contribution in [3.63, 3.8) is 0 Å². The zero-order valence-electron chi connectivity index (χ0n) is 14.3. The van der Waals surface area contributed by atoms with Crippen molar-refractivity contribution in [2.75, 3.05) is 0 Å². The Balaban J connectivity index is 0.000000617. The van der Waals surface area contributed by atoms with Gasteiger partial charge in [0, 0.05) is 19.7 Å². The SMILES string of the molecule is CC.C[C@@H]1CC[C@H]2[C@@H](C)C(=O)NC3O[C@@]4(C)CC[C@@H]1[C@]32OO4.[HH]. The van der Waals surface area contributed by atoms with Gasteiger partial charge in [-0.1, -0.05) is 27.7 Å². The first-order chi connectivity index (χ1) is 10.5. The van der Waals surface area contributed by atoms with Crippen molar-refractivity contribution in [2.45, 2.75) is 77.9 Å². The fourth-order valence-electron chi connectivity index (χ4n) is 4.92. The largest absolute Gasteiger partial charge is 0.328 e. The molecule has 5 rings (SSSR count).